The molecule has 0 amide bonds. The molecule has 0 radical (unpaired) electrons. The van der Waals surface area contributed by atoms with Crippen molar-refractivity contribution in [3.05, 3.63) is 28.8 Å². The van der Waals surface area contributed by atoms with E-state index >= 15 is 0 Å². The molecule has 0 atom stereocenters. The molecule has 0 bridgehead atoms. The highest BCUT2D eigenvalue weighted by atomic mass is 19.3. The highest BCUT2D eigenvalue weighted by Gasteiger charge is 2.24. The first-order valence-corrected chi connectivity index (χ1v) is 4.53. The Morgan fingerprint density at radius 1 is 1.41 bits per heavy atom. The fraction of sp³-hybridized carbons (Fsp3) is 0.273. The van der Waals surface area contributed by atoms with Crippen LogP contribution in [-0.4, -0.2) is 20.2 Å². The summed E-state index contributed by atoms with van der Waals surface area (Å²) in [5.41, 5.74) is -1.31. The molecule has 0 aliphatic heterocycles. The highest BCUT2D eigenvalue weighted by Crippen LogP contribution is 2.30. The predicted octanol–water partition coefficient (Wildman–Crippen LogP) is 2.29. The van der Waals surface area contributed by atoms with Gasteiger partial charge < -0.3 is 9.47 Å². The normalized spacial score (nSPS) is 9.88. The van der Waals surface area contributed by atoms with Gasteiger partial charge in [-0.05, 0) is 12.1 Å². The van der Waals surface area contributed by atoms with Crippen LogP contribution < -0.4 is 4.74 Å². The Balaban J connectivity index is 3.53. The van der Waals surface area contributed by atoms with Crippen molar-refractivity contribution in [1.82, 2.24) is 0 Å². The van der Waals surface area contributed by atoms with Crippen molar-refractivity contribution in [2.75, 3.05) is 14.2 Å². The summed E-state index contributed by atoms with van der Waals surface area (Å²) in [4.78, 5) is 11.4. The second kappa shape index (κ2) is 5.25. The molecule has 0 unspecified atom stereocenters. The van der Waals surface area contributed by atoms with Gasteiger partial charge in [0.25, 0.3) is 6.43 Å². The van der Waals surface area contributed by atoms with Crippen molar-refractivity contribution in [3.63, 3.8) is 0 Å². The molecule has 0 aliphatic carbocycles. The molecule has 1 rings (SSSR count). The molecule has 1 aromatic carbocycles. The molecular weight excluding hydrogens is 232 g/mol. The lowest BCUT2D eigenvalue weighted by Crippen LogP contribution is -2.08. The fourth-order valence-corrected chi connectivity index (χ4v) is 1.35. The fourth-order valence-electron chi connectivity index (χ4n) is 1.35. The minimum Gasteiger partial charge on any atom is -0.497 e. The van der Waals surface area contributed by atoms with Crippen LogP contribution in [-0.2, 0) is 4.74 Å². The first-order valence-electron chi connectivity index (χ1n) is 4.53. The van der Waals surface area contributed by atoms with Crippen LogP contribution in [0.2, 0.25) is 0 Å². The van der Waals surface area contributed by atoms with Crippen LogP contribution in [0.15, 0.2) is 12.1 Å². The maximum atomic E-state index is 12.8. The number of hydrogen-bond acceptors (Lipinski definition) is 4. The van der Waals surface area contributed by atoms with E-state index < -0.39 is 18.0 Å². The number of carbonyl (C=O) groups excluding carboxylic acids is 1. The lowest BCUT2D eigenvalue weighted by molar-refractivity contribution is 0.0588. The summed E-state index contributed by atoms with van der Waals surface area (Å²) in [7, 11) is 2.38. The zero-order chi connectivity index (χ0) is 13.0. The monoisotopic (exact) mass is 241 g/mol. The van der Waals surface area contributed by atoms with Crippen LogP contribution in [0, 0.1) is 11.3 Å². The van der Waals surface area contributed by atoms with Crippen LogP contribution in [0.1, 0.15) is 27.9 Å². The molecular formula is C11H9F2NO3. The summed E-state index contributed by atoms with van der Waals surface area (Å²) < 4.78 is 34.8. The number of halogens is 2. The Morgan fingerprint density at radius 2 is 2.06 bits per heavy atom. The van der Waals surface area contributed by atoms with Gasteiger partial charge in [0.2, 0.25) is 0 Å². The van der Waals surface area contributed by atoms with Gasteiger partial charge in [-0.25, -0.2) is 13.6 Å². The Kier molecular flexibility index (Phi) is 3.99. The van der Waals surface area contributed by atoms with Crippen molar-refractivity contribution < 1.29 is 23.0 Å². The molecule has 4 nitrogen and oxygen atoms in total. The number of nitriles is 1. The van der Waals surface area contributed by atoms with Crippen LogP contribution in [0.5, 0.6) is 5.75 Å². The Bertz CT molecular complexity index is 480. The van der Waals surface area contributed by atoms with Crippen molar-refractivity contribution in [2.45, 2.75) is 6.43 Å². The van der Waals surface area contributed by atoms with E-state index in [-0.39, 0.29) is 16.9 Å². The topological polar surface area (TPSA) is 59.3 Å². The summed E-state index contributed by atoms with van der Waals surface area (Å²) >= 11 is 0. The third-order valence-electron chi connectivity index (χ3n) is 2.13. The van der Waals surface area contributed by atoms with E-state index in [0.29, 0.717) is 0 Å². The summed E-state index contributed by atoms with van der Waals surface area (Å²) in [5.74, 6) is -0.790. The van der Waals surface area contributed by atoms with Crippen LogP contribution in [0.4, 0.5) is 8.78 Å². The summed E-state index contributed by atoms with van der Waals surface area (Å²) in [6.45, 7) is 0. The number of carbonyl (C=O) groups is 1. The van der Waals surface area contributed by atoms with Crippen molar-refractivity contribution in [3.8, 4) is 11.8 Å². The number of methoxy groups -OCH3 is 2. The number of alkyl halides is 2. The van der Waals surface area contributed by atoms with E-state index in [2.05, 4.69) is 4.74 Å². The predicted molar refractivity (Wildman–Crippen MR) is 54.0 cm³/mol. The summed E-state index contributed by atoms with van der Waals surface area (Å²) in [5, 5.41) is 8.78. The lowest BCUT2D eigenvalue weighted by Gasteiger charge is -2.11. The SMILES string of the molecule is COC(=O)c1cc(OC)cc(C#N)c1C(F)F. The number of hydrogen-bond donors (Lipinski definition) is 0. The van der Waals surface area contributed by atoms with E-state index in [9.17, 15) is 13.6 Å². The molecule has 0 aliphatic rings. The number of rotatable bonds is 3. The van der Waals surface area contributed by atoms with E-state index in [0.717, 1.165) is 19.2 Å². The standard InChI is InChI=1S/C11H9F2NO3/c1-16-7-3-6(5-14)9(10(12)13)8(4-7)11(15)17-2/h3-4,10H,1-2H3. The van der Waals surface area contributed by atoms with E-state index in [1.165, 1.54) is 7.11 Å². The molecule has 17 heavy (non-hydrogen) atoms. The van der Waals surface area contributed by atoms with Gasteiger partial charge in [0.15, 0.2) is 0 Å². The molecule has 0 heterocycles. The average molecular weight is 241 g/mol. The van der Waals surface area contributed by atoms with E-state index in [1.54, 1.807) is 6.07 Å². The first kappa shape index (κ1) is 12.9. The third-order valence-corrected chi connectivity index (χ3v) is 2.13. The van der Waals surface area contributed by atoms with Crippen LogP contribution >= 0.6 is 0 Å². The molecule has 6 heteroatoms. The maximum Gasteiger partial charge on any atom is 0.338 e. The van der Waals surface area contributed by atoms with Crippen molar-refractivity contribution >= 4 is 5.97 Å². The van der Waals surface area contributed by atoms with Crippen LogP contribution in [0.3, 0.4) is 0 Å². The number of ether oxygens (including phenoxy) is 2. The summed E-state index contributed by atoms with van der Waals surface area (Å²) in [6.07, 6.45) is -2.94. The third kappa shape index (κ3) is 2.50. The minimum atomic E-state index is -2.94. The molecule has 0 N–H and O–H groups in total. The van der Waals surface area contributed by atoms with Gasteiger partial charge in [-0.2, -0.15) is 5.26 Å². The van der Waals surface area contributed by atoms with Crippen molar-refractivity contribution in [1.29, 1.82) is 5.26 Å². The molecule has 1 aromatic rings. The van der Waals surface area contributed by atoms with Gasteiger partial charge in [-0.15, -0.1) is 0 Å². The quantitative estimate of drug-likeness (QED) is 0.762. The van der Waals surface area contributed by atoms with Gasteiger partial charge in [-0.1, -0.05) is 0 Å². The zero-order valence-electron chi connectivity index (χ0n) is 9.16. The first-order chi connectivity index (χ1) is 8.04. The number of benzene rings is 1. The second-order valence-electron chi connectivity index (χ2n) is 3.04. The largest absolute Gasteiger partial charge is 0.497 e. The summed E-state index contributed by atoms with van der Waals surface area (Å²) in [6, 6.07) is 3.87. The molecule has 0 fully saturated rings. The molecule has 0 aromatic heterocycles. The molecule has 0 saturated heterocycles. The van der Waals surface area contributed by atoms with Gasteiger partial charge >= 0.3 is 5.97 Å². The van der Waals surface area contributed by atoms with Crippen molar-refractivity contribution in [2.24, 2.45) is 0 Å². The lowest BCUT2D eigenvalue weighted by atomic mass is 10.0. The molecule has 90 valence electrons. The minimum absolute atomic E-state index is 0.145. The molecule has 0 saturated carbocycles. The van der Waals surface area contributed by atoms with Gasteiger partial charge in [0.05, 0.1) is 37.0 Å². The second-order valence-corrected chi connectivity index (χ2v) is 3.04. The molecule has 0 spiro atoms. The van der Waals surface area contributed by atoms with Gasteiger partial charge in [0.1, 0.15) is 5.75 Å². The van der Waals surface area contributed by atoms with Crippen LogP contribution in [0.25, 0.3) is 0 Å². The number of esters is 1. The Morgan fingerprint density at radius 3 is 2.47 bits per heavy atom. The van der Waals surface area contributed by atoms with Gasteiger partial charge in [0, 0.05) is 0 Å². The Labute approximate surface area is 96.4 Å². The average Bonchev–Trinajstić information content (AvgIpc) is 2.35. The highest BCUT2D eigenvalue weighted by molar-refractivity contribution is 5.92. The van der Waals surface area contributed by atoms with Gasteiger partial charge in [-0.3, -0.25) is 0 Å². The number of nitrogens with zero attached hydrogens (tertiary/aromatic N) is 1. The smallest absolute Gasteiger partial charge is 0.338 e. The maximum absolute atomic E-state index is 12.8. The Hall–Kier alpha value is -2.16. The zero-order valence-corrected chi connectivity index (χ0v) is 9.16. The van der Waals surface area contributed by atoms with E-state index in [1.807, 2.05) is 0 Å². The van der Waals surface area contributed by atoms with E-state index in [4.69, 9.17) is 10.00 Å².